The fourth-order valence-electron chi connectivity index (χ4n) is 0.969. The van der Waals surface area contributed by atoms with Crippen molar-refractivity contribution in [2.45, 2.75) is 31.6 Å². The molecule has 2 N–H and O–H groups in total. The molecule has 0 saturated carbocycles. The average Bonchev–Trinajstić information content (AvgIpc) is 2.43. The summed E-state index contributed by atoms with van der Waals surface area (Å²) in [6, 6.07) is 5.85. The third-order valence-electron chi connectivity index (χ3n) is 3.54. The molecule has 1 aromatic rings. The molecule has 0 saturated heterocycles. The molecule has 0 heterocycles. The molecule has 23 heavy (non-hydrogen) atoms. The van der Waals surface area contributed by atoms with Crippen molar-refractivity contribution < 1.29 is 19.9 Å². The molecule has 6 nitrogen and oxygen atoms in total. The lowest BCUT2D eigenvalue weighted by atomic mass is 10.3. The molecule has 0 amide bonds. The Hall–Kier alpha value is -1.31. The number of hydrogen-bond donors (Lipinski definition) is 2. The van der Waals surface area contributed by atoms with E-state index >= 15 is 0 Å². The summed E-state index contributed by atoms with van der Waals surface area (Å²) in [5.74, 6) is 0.0787. The molecule has 0 bridgehead atoms. The molecule has 1 atom stereocenters. The molecule has 0 aliphatic rings. The average molecular weight is 347 g/mol. The van der Waals surface area contributed by atoms with Gasteiger partial charge in [0.25, 0.3) is 0 Å². The van der Waals surface area contributed by atoms with E-state index in [-0.39, 0.29) is 28.1 Å². The van der Waals surface area contributed by atoms with Crippen LogP contribution in [-0.2, 0) is 0 Å². The van der Waals surface area contributed by atoms with E-state index in [1.165, 1.54) is 18.2 Å². The number of ether oxygens (including phenoxy) is 1. The second kappa shape index (κ2) is 9.10. The molecule has 1 aromatic carbocycles. The van der Waals surface area contributed by atoms with Crippen molar-refractivity contribution in [3.63, 3.8) is 0 Å². The molecular formula is C16H29NO5S. The molecule has 0 aliphatic carbocycles. The number of nitro benzene ring substituents is 1. The van der Waals surface area contributed by atoms with Gasteiger partial charge in [0.1, 0.15) is 12.7 Å². The Morgan fingerprint density at radius 2 is 1.74 bits per heavy atom. The van der Waals surface area contributed by atoms with Gasteiger partial charge in [-0.15, -0.1) is 0 Å². The van der Waals surface area contributed by atoms with Crippen LogP contribution in [0.4, 0.5) is 5.69 Å². The van der Waals surface area contributed by atoms with Crippen molar-refractivity contribution in [3.05, 3.63) is 34.4 Å². The van der Waals surface area contributed by atoms with Crippen LogP contribution in [0.1, 0.15) is 20.8 Å². The van der Waals surface area contributed by atoms with E-state index in [4.69, 9.17) is 14.9 Å². The predicted octanol–water partition coefficient (Wildman–Crippen LogP) is 2.81. The van der Waals surface area contributed by atoms with Crippen LogP contribution in [0.5, 0.6) is 5.75 Å². The molecular weight excluding hydrogens is 318 g/mol. The lowest BCUT2D eigenvalue weighted by Gasteiger charge is -2.40. The molecule has 0 radical (unpaired) electrons. The van der Waals surface area contributed by atoms with Gasteiger partial charge in [-0.3, -0.25) is 10.1 Å². The first-order valence-electron chi connectivity index (χ1n) is 7.23. The lowest BCUT2D eigenvalue weighted by Crippen LogP contribution is -2.21. The highest BCUT2D eigenvalue weighted by atomic mass is 32.3. The number of hydrogen-bond acceptors (Lipinski definition) is 5. The van der Waals surface area contributed by atoms with Crippen molar-refractivity contribution in [2.75, 3.05) is 32.0 Å². The number of para-hydroxylation sites is 2. The fraction of sp³-hybridized carbons (Fsp3) is 0.625. The van der Waals surface area contributed by atoms with Crippen LogP contribution in [0.3, 0.4) is 0 Å². The summed E-state index contributed by atoms with van der Waals surface area (Å²) >= 11 is 0. The van der Waals surface area contributed by atoms with Gasteiger partial charge in [0.15, 0.2) is 5.75 Å². The molecule has 134 valence electrons. The van der Waals surface area contributed by atoms with Crippen molar-refractivity contribution in [1.29, 1.82) is 0 Å². The van der Waals surface area contributed by atoms with Gasteiger partial charge in [-0.05, 0) is 29.6 Å². The van der Waals surface area contributed by atoms with Crippen molar-refractivity contribution >= 4 is 15.7 Å². The molecule has 7 heteroatoms. The molecule has 1 unspecified atom stereocenters. The Bertz CT molecular complexity index is 482. The van der Waals surface area contributed by atoms with Crippen LogP contribution in [0.2, 0.25) is 0 Å². The van der Waals surface area contributed by atoms with Crippen molar-refractivity contribution in [1.82, 2.24) is 0 Å². The maximum Gasteiger partial charge on any atom is 0.310 e. The van der Waals surface area contributed by atoms with Crippen LogP contribution in [0.25, 0.3) is 0 Å². The van der Waals surface area contributed by atoms with Crippen LogP contribution in [0.15, 0.2) is 24.3 Å². The Labute approximate surface area is 140 Å². The number of nitro groups is 1. The number of rotatable bonds is 5. The summed E-state index contributed by atoms with van der Waals surface area (Å²) in [5.41, 5.74) is -0.164. The molecule has 1 rings (SSSR count). The molecule has 0 aliphatic heterocycles. The predicted molar refractivity (Wildman–Crippen MR) is 96.8 cm³/mol. The van der Waals surface area contributed by atoms with E-state index in [0.717, 1.165) is 0 Å². The summed E-state index contributed by atoms with van der Waals surface area (Å²) in [6.07, 6.45) is 6.03. The summed E-state index contributed by atoms with van der Waals surface area (Å²) in [6.45, 7) is 6.30. The van der Waals surface area contributed by atoms with Crippen LogP contribution in [0, 0.1) is 10.1 Å². The highest BCUT2D eigenvalue weighted by Gasteiger charge is 2.22. The molecule has 0 aromatic heterocycles. The van der Waals surface area contributed by atoms with Crippen LogP contribution in [-0.4, -0.2) is 58.0 Å². The van der Waals surface area contributed by atoms with E-state index in [1.54, 1.807) is 6.07 Å². The van der Waals surface area contributed by atoms with Crippen molar-refractivity contribution in [2.24, 2.45) is 0 Å². The van der Waals surface area contributed by atoms with Crippen LogP contribution >= 0.6 is 10.0 Å². The van der Waals surface area contributed by atoms with E-state index < -0.39 is 17.6 Å². The largest absolute Gasteiger partial charge is 0.484 e. The summed E-state index contributed by atoms with van der Waals surface area (Å²) in [5, 5.41) is 28.1. The van der Waals surface area contributed by atoms with Gasteiger partial charge < -0.3 is 14.9 Å². The minimum Gasteiger partial charge on any atom is -0.484 e. The summed E-state index contributed by atoms with van der Waals surface area (Å²) < 4.78 is 5.52. The topological polar surface area (TPSA) is 92.8 Å². The minimum atomic E-state index is -1.04. The Morgan fingerprint density at radius 3 is 2.13 bits per heavy atom. The summed E-state index contributed by atoms with van der Waals surface area (Å²) in [7, 11) is -0.340. The number of aliphatic hydroxyl groups excluding tert-OH is 2. The van der Waals surface area contributed by atoms with Gasteiger partial charge >= 0.3 is 5.69 Å². The van der Waals surface area contributed by atoms with Gasteiger partial charge in [-0.1, -0.05) is 32.9 Å². The van der Waals surface area contributed by atoms with Gasteiger partial charge in [-0.25, -0.2) is 10.0 Å². The summed E-state index contributed by atoms with van der Waals surface area (Å²) in [4.78, 5) is 9.98. The van der Waals surface area contributed by atoms with Crippen molar-refractivity contribution in [3.8, 4) is 5.75 Å². The number of nitrogens with zero attached hydrogens (tertiary/aromatic N) is 1. The van der Waals surface area contributed by atoms with E-state index in [0.29, 0.717) is 4.75 Å². The number of benzene rings is 1. The quantitative estimate of drug-likeness (QED) is 0.631. The standard InChI is InChI=1S/C9H11NO5.C7H18S/c11-5-7(12)6-15-9-4-2-1-3-8(9)10(13)14;1-7(2,3)8(4,5)6/h1-4,7,11-12H,5-6H2;1-6H3. The van der Waals surface area contributed by atoms with Crippen LogP contribution < -0.4 is 4.74 Å². The first kappa shape index (κ1) is 21.7. The first-order chi connectivity index (χ1) is 10.4. The lowest BCUT2D eigenvalue weighted by molar-refractivity contribution is -0.385. The highest BCUT2D eigenvalue weighted by molar-refractivity contribution is 8.33. The zero-order chi connectivity index (χ0) is 18.3. The number of aliphatic hydroxyl groups is 2. The Kier molecular flexibility index (Phi) is 8.58. The zero-order valence-electron chi connectivity index (χ0n) is 14.8. The fourth-order valence-corrected chi connectivity index (χ4v) is 0.969. The van der Waals surface area contributed by atoms with E-state index in [2.05, 4.69) is 39.5 Å². The van der Waals surface area contributed by atoms with Gasteiger partial charge in [-0.2, -0.15) is 0 Å². The maximum atomic E-state index is 10.5. The Morgan fingerprint density at radius 1 is 1.26 bits per heavy atom. The van der Waals surface area contributed by atoms with Gasteiger partial charge in [0, 0.05) is 6.07 Å². The minimum absolute atomic E-state index is 0.0787. The second-order valence-electron chi connectivity index (χ2n) is 6.82. The van der Waals surface area contributed by atoms with Gasteiger partial charge in [0.05, 0.1) is 11.5 Å². The SMILES string of the molecule is CC(C)(C)S(C)(C)C.O=[N+]([O-])c1ccccc1OCC(O)CO. The smallest absolute Gasteiger partial charge is 0.310 e. The third kappa shape index (κ3) is 8.20. The van der Waals surface area contributed by atoms with E-state index in [1.807, 2.05) is 0 Å². The maximum absolute atomic E-state index is 10.5. The molecule has 0 spiro atoms. The third-order valence-corrected chi connectivity index (χ3v) is 7.22. The molecule has 0 fully saturated rings. The van der Waals surface area contributed by atoms with E-state index in [9.17, 15) is 10.1 Å². The normalized spacial score (nSPS) is 13.6. The highest BCUT2D eigenvalue weighted by Crippen LogP contribution is 2.48. The first-order valence-corrected chi connectivity index (χ1v) is 10.1. The zero-order valence-corrected chi connectivity index (χ0v) is 15.6. The van der Waals surface area contributed by atoms with Gasteiger partial charge in [0.2, 0.25) is 0 Å². The monoisotopic (exact) mass is 347 g/mol. The Balaban J connectivity index is 0.000000515. The second-order valence-corrected chi connectivity index (χ2v) is 11.7.